The van der Waals surface area contributed by atoms with E-state index in [1.165, 1.54) is 6.07 Å². The van der Waals surface area contributed by atoms with Crippen molar-refractivity contribution >= 4 is 5.69 Å². The average Bonchev–Trinajstić information content (AvgIpc) is 2.13. The van der Waals surface area contributed by atoms with Gasteiger partial charge in [-0.15, -0.1) is 0 Å². The first-order valence-electron chi connectivity index (χ1n) is 4.92. The third-order valence-corrected chi connectivity index (χ3v) is 2.28. The van der Waals surface area contributed by atoms with Gasteiger partial charge >= 0.3 is 0 Å². The number of benzene rings is 1. The summed E-state index contributed by atoms with van der Waals surface area (Å²) in [5.74, 6) is -1.12. The fraction of sp³-hybridized carbons (Fsp3) is 0.455. The third kappa shape index (κ3) is 2.65. The molecular formula is C11H16F2N2. The van der Waals surface area contributed by atoms with E-state index < -0.39 is 23.4 Å². The highest BCUT2D eigenvalue weighted by Crippen LogP contribution is 2.26. The molecule has 0 fully saturated rings. The minimum atomic E-state index is -0.743. The lowest BCUT2D eigenvalue weighted by atomic mass is 9.97. The summed E-state index contributed by atoms with van der Waals surface area (Å²) < 4.78 is 26.4. The van der Waals surface area contributed by atoms with Crippen molar-refractivity contribution in [2.75, 3.05) is 5.73 Å². The van der Waals surface area contributed by atoms with Gasteiger partial charge in [0.15, 0.2) is 5.82 Å². The Morgan fingerprint density at radius 3 is 2.40 bits per heavy atom. The molecule has 1 unspecified atom stereocenters. The lowest BCUT2D eigenvalue weighted by Gasteiger charge is -2.16. The Kier molecular flexibility index (Phi) is 3.63. The van der Waals surface area contributed by atoms with Crippen molar-refractivity contribution in [1.29, 1.82) is 0 Å². The second-order valence-electron chi connectivity index (χ2n) is 4.10. The summed E-state index contributed by atoms with van der Waals surface area (Å²) in [5.41, 5.74) is 10.9. The maximum Gasteiger partial charge on any atom is 0.153 e. The lowest BCUT2D eigenvalue weighted by molar-refractivity contribution is 0.486. The Morgan fingerprint density at radius 1 is 1.27 bits per heavy atom. The van der Waals surface area contributed by atoms with Crippen LogP contribution in [0.15, 0.2) is 12.1 Å². The molecule has 0 amide bonds. The first-order valence-corrected chi connectivity index (χ1v) is 4.92. The highest BCUT2D eigenvalue weighted by Gasteiger charge is 2.16. The van der Waals surface area contributed by atoms with Gasteiger partial charge in [-0.3, -0.25) is 0 Å². The molecule has 2 nitrogen and oxygen atoms in total. The predicted octanol–water partition coefficient (Wildman–Crippen LogP) is 2.59. The fourth-order valence-corrected chi connectivity index (χ4v) is 1.51. The quantitative estimate of drug-likeness (QED) is 0.760. The molecule has 0 bridgehead atoms. The van der Waals surface area contributed by atoms with Crippen molar-refractivity contribution in [3.05, 3.63) is 29.3 Å². The molecule has 0 heterocycles. The Morgan fingerprint density at radius 2 is 1.87 bits per heavy atom. The number of rotatable bonds is 3. The van der Waals surface area contributed by atoms with E-state index in [4.69, 9.17) is 11.5 Å². The van der Waals surface area contributed by atoms with Crippen LogP contribution in [0.2, 0.25) is 0 Å². The molecule has 0 aliphatic heterocycles. The van der Waals surface area contributed by atoms with Crippen LogP contribution in [-0.2, 0) is 0 Å². The van der Waals surface area contributed by atoms with Crippen molar-refractivity contribution in [3.63, 3.8) is 0 Å². The molecule has 0 aliphatic rings. The van der Waals surface area contributed by atoms with Gasteiger partial charge < -0.3 is 11.5 Å². The highest BCUT2D eigenvalue weighted by molar-refractivity contribution is 5.45. The van der Waals surface area contributed by atoms with Crippen molar-refractivity contribution in [3.8, 4) is 0 Å². The van der Waals surface area contributed by atoms with Crippen LogP contribution in [0.5, 0.6) is 0 Å². The van der Waals surface area contributed by atoms with Gasteiger partial charge in [0.25, 0.3) is 0 Å². The summed E-state index contributed by atoms with van der Waals surface area (Å²) in [6.45, 7) is 3.98. The van der Waals surface area contributed by atoms with Gasteiger partial charge in [-0.2, -0.15) is 0 Å². The Labute approximate surface area is 88.3 Å². The summed E-state index contributed by atoms with van der Waals surface area (Å²) in [6, 6.07) is 2.06. The van der Waals surface area contributed by atoms with Gasteiger partial charge in [0, 0.05) is 11.6 Å². The van der Waals surface area contributed by atoms with Crippen LogP contribution < -0.4 is 11.5 Å². The molecule has 1 rings (SSSR count). The fourth-order valence-electron chi connectivity index (χ4n) is 1.51. The van der Waals surface area contributed by atoms with Crippen LogP contribution in [-0.4, -0.2) is 0 Å². The molecule has 15 heavy (non-hydrogen) atoms. The van der Waals surface area contributed by atoms with Gasteiger partial charge in [-0.05, 0) is 18.4 Å². The Bertz CT molecular complexity index is 351. The van der Waals surface area contributed by atoms with Crippen molar-refractivity contribution < 1.29 is 8.78 Å². The van der Waals surface area contributed by atoms with Crippen LogP contribution in [0, 0.1) is 17.6 Å². The molecule has 84 valence electrons. The zero-order valence-electron chi connectivity index (χ0n) is 8.93. The normalized spacial score (nSPS) is 13.2. The van der Waals surface area contributed by atoms with E-state index in [1.54, 1.807) is 0 Å². The van der Waals surface area contributed by atoms with Gasteiger partial charge in [-0.25, -0.2) is 8.78 Å². The van der Waals surface area contributed by atoms with Crippen LogP contribution in [0.25, 0.3) is 0 Å². The minimum Gasteiger partial charge on any atom is -0.394 e. The largest absolute Gasteiger partial charge is 0.394 e. The van der Waals surface area contributed by atoms with Crippen LogP contribution in [0.1, 0.15) is 31.9 Å². The van der Waals surface area contributed by atoms with Crippen molar-refractivity contribution in [2.24, 2.45) is 11.7 Å². The Balaban J connectivity index is 3.00. The number of halogens is 2. The number of anilines is 1. The number of hydrogen-bond donors (Lipinski definition) is 2. The van der Waals surface area contributed by atoms with E-state index in [-0.39, 0.29) is 5.56 Å². The smallest absolute Gasteiger partial charge is 0.153 e. The van der Waals surface area contributed by atoms with E-state index in [0.717, 1.165) is 6.07 Å². The van der Waals surface area contributed by atoms with Crippen molar-refractivity contribution in [1.82, 2.24) is 0 Å². The summed E-state index contributed by atoms with van der Waals surface area (Å²) in [6.07, 6.45) is 0.641. The standard InChI is InChI=1S/C11H16F2N2/c1-6(2)5-9(14)7-3-4-8(12)11(15)10(7)13/h3-4,6,9H,5,14-15H2,1-2H3. The molecule has 0 saturated carbocycles. The first-order chi connectivity index (χ1) is 6.93. The first kappa shape index (κ1) is 11.9. The molecule has 1 atom stereocenters. The van der Waals surface area contributed by atoms with E-state index >= 15 is 0 Å². The van der Waals surface area contributed by atoms with Gasteiger partial charge in [-0.1, -0.05) is 19.9 Å². The second kappa shape index (κ2) is 4.57. The molecule has 1 aromatic rings. The average molecular weight is 214 g/mol. The SMILES string of the molecule is CC(C)CC(N)c1ccc(F)c(N)c1F. The minimum absolute atomic E-state index is 0.280. The summed E-state index contributed by atoms with van der Waals surface area (Å²) >= 11 is 0. The number of hydrogen-bond acceptors (Lipinski definition) is 2. The highest BCUT2D eigenvalue weighted by atomic mass is 19.1. The monoisotopic (exact) mass is 214 g/mol. The molecule has 0 saturated heterocycles. The van der Waals surface area contributed by atoms with E-state index in [1.807, 2.05) is 13.8 Å². The van der Waals surface area contributed by atoms with Crippen LogP contribution in [0.4, 0.5) is 14.5 Å². The zero-order chi connectivity index (χ0) is 11.6. The second-order valence-corrected chi connectivity index (χ2v) is 4.10. The molecule has 0 radical (unpaired) electrons. The number of nitrogens with two attached hydrogens (primary N) is 2. The predicted molar refractivity (Wildman–Crippen MR) is 57.2 cm³/mol. The summed E-state index contributed by atoms with van der Waals surface area (Å²) in [7, 11) is 0. The molecular weight excluding hydrogens is 198 g/mol. The lowest BCUT2D eigenvalue weighted by Crippen LogP contribution is -2.15. The number of nitrogen functional groups attached to an aromatic ring is 1. The Hall–Kier alpha value is -1.16. The van der Waals surface area contributed by atoms with Crippen LogP contribution >= 0.6 is 0 Å². The van der Waals surface area contributed by atoms with Crippen LogP contribution in [0.3, 0.4) is 0 Å². The van der Waals surface area contributed by atoms with Crippen molar-refractivity contribution in [2.45, 2.75) is 26.3 Å². The molecule has 1 aromatic carbocycles. The molecule has 4 N–H and O–H groups in total. The maximum absolute atomic E-state index is 13.5. The topological polar surface area (TPSA) is 52.0 Å². The maximum atomic E-state index is 13.5. The third-order valence-electron chi connectivity index (χ3n) is 2.28. The van der Waals surface area contributed by atoms with Gasteiger partial charge in [0.1, 0.15) is 11.5 Å². The molecule has 0 spiro atoms. The van der Waals surface area contributed by atoms with Gasteiger partial charge in [0.2, 0.25) is 0 Å². The summed E-state index contributed by atoms with van der Waals surface area (Å²) in [5, 5.41) is 0. The zero-order valence-corrected chi connectivity index (χ0v) is 8.93. The molecule has 0 aromatic heterocycles. The van der Waals surface area contributed by atoms with Gasteiger partial charge in [0.05, 0.1) is 0 Å². The van der Waals surface area contributed by atoms with E-state index in [0.29, 0.717) is 12.3 Å². The molecule has 4 heteroatoms. The van der Waals surface area contributed by atoms with E-state index in [9.17, 15) is 8.78 Å². The molecule has 0 aliphatic carbocycles. The van der Waals surface area contributed by atoms with E-state index in [2.05, 4.69) is 0 Å². The summed E-state index contributed by atoms with van der Waals surface area (Å²) in [4.78, 5) is 0.